The summed E-state index contributed by atoms with van der Waals surface area (Å²) < 4.78 is 5.26. The number of carbonyl (C=O) groups is 1. The van der Waals surface area contributed by atoms with Crippen molar-refractivity contribution in [2.75, 3.05) is 5.32 Å². The first-order valence-corrected chi connectivity index (χ1v) is 8.19. The van der Waals surface area contributed by atoms with E-state index in [0.29, 0.717) is 28.0 Å². The van der Waals surface area contributed by atoms with Crippen molar-refractivity contribution >= 4 is 23.2 Å². The molecular formula is C18H17ClN4O2. The molecule has 3 rings (SSSR count). The predicted octanol–water partition coefficient (Wildman–Crippen LogP) is 3.66. The maximum Gasteiger partial charge on any atom is 0.250 e. The van der Waals surface area contributed by atoms with Gasteiger partial charge in [0.2, 0.25) is 11.7 Å². The van der Waals surface area contributed by atoms with Crippen molar-refractivity contribution in [3.8, 4) is 11.4 Å². The molecule has 128 valence electrons. The lowest BCUT2D eigenvalue weighted by atomic mass is 10.1. The van der Waals surface area contributed by atoms with Gasteiger partial charge in [-0.05, 0) is 30.2 Å². The highest BCUT2D eigenvalue weighted by atomic mass is 35.5. The molecule has 2 aromatic carbocycles. The Morgan fingerprint density at radius 1 is 1.24 bits per heavy atom. The summed E-state index contributed by atoms with van der Waals surface area (Å²) in [5, 5.41) is 7.49. The van der Waals surface area contributed by atoms with Gasteiger partial charge < -0.3 is 15.6 Å². The fraction of sp³-hybridized carbons (Fsp3) is 0.167. The largest absolute Gasteiger partial charge is 0.375 e. The molecule has 3 N–H and O–H groups in total. The standard InChI is InChI=1S/C18H17ClN4O2/c1-2-11-3-5-12(6-4-11)18-22-16(25-23-18)10-21-15-8-7-13(19)9-14(15)17(20)24/h3-9,21H,2,10H2,1H3,(H2,20,24). The Labute approximate surface area is 150 Å². The average Bonchev–Trinajstić information content (AvgIpc) is 3.09. The van der Waals surface area contributed by atoms with Gasteiger partial charge in [0.15, 0.2) is 0 Å². The fourth-order valence-corrected chi connectivity index (χ4v) is 2.55. The predicted molar refractivity (Wildman–Crippen MR) is 96.4 cm³/mol. The lowest BCUT2D eigenvalue weighted by molar-refractivity contribution is 0.100. The van der Waals surface area contributed by atoms with Gasteiger partial charge >= 0.3 is 0 Å². The summed E-state index contributed by atoms with van der Waals surface area (Å²) in [4.78, 5) is 15.9. The first-order valence-electron chi connectivity index (χ1n) is 7.82. The number of halogens is 1. The van der Waals surface area contributed by atoms with Gasteiger partial charge in [0, 0.05) is 16.3 Å². The minimum Gasteiger partial charge on any atom is -0.375 e. The number of rotatable bonds is 6. The Morgan fingerprint density at radius 2 is 2.00 bits per heavy atom. The first kappa shape index (κ1) is 17.0. The molecule has 6 nitrogen and oxygen atoms in total. The molecule has 0 spiro atoms. The fourth-order valence-electron chi connectivity index (χ4n) is 2.38. The number of hydrogen-bond acceptors (Lipinski definition) is 5. The van der Waals surface area contributed by atoms with Gasteiger partial charge in [-0.1, -0.05) is 47.9 Å². The highest BCUT2D eigenvalue weighted by Crippen LogP contribution is 2.21. The van der Waals surface area contributed by atoms with Crippen molar-refractivity contribution in [1.29, 1.82) is 0 Å². The number of nitrogens with one attached hydrogen (secondary N) is 1. The van der Waals surface area contributed by atoms with Crippen LogP contribution in [-0.4, -0.2) is 16.0 Å². The van der Waals surface area contributed by atoms with Gasteiger partial charge in [-0.15, -0.1) is 0 Å². The lowest BCUT2D eigenvalue weighted by Crippen LogP contribution is -2.14. The number of hydrogen-bond donors (Lipinski definition) is 2. The topological polar surface area (TPSA) is 94.0 Å². The van der Waals surface area contributed by atoms with E-state index in [0.717, 1.165) is 12.0 Å². The third kappa shape index (κ3) is 3.97. The van der Waals surface area contributed by atoms with Crippen molar-refractivity contribution in [2.45, 2.75) is 19.9 Å². The van der Waals surface area contributed by atoms with Gasteiger partial charge in [0.1, 0.15) is 0 Å². The van der Waals surface area contributed by atoms with E-state index < -0.39 is 5.91 Å². The summed E-state index contributed by atoms with van der Waals surface area (Å²) in [5.41, 5.74) is 8.37. The number of primary amides is 1. The molecule has 0 saturated carbocycles. The maximum atomic E-state index is 11.5. The zero-order chi connectivity index (χ0) is 17.8. The average molecular weight is 357 g/mol. The number of amides is 1. The van der Waals surface area contributed by atoms with Crippen LogP contribution in [0, 0.1) is 0 Å². The smallest absolute Gasteiger partial charge is 0.250 e. The molecule has 0 fully saturated rings. The van der Waals surface area contributed by atoms with Crippen LogP contribution in [0.3, 0.4) is 0 Å². The van der Waals surface area contributed by atoms with Gasteiger partial charge in [-0.3, -0.25) is 4.79 Å². The Hall–Kier alpha value is -2.86. The third-order valence-electron chi connectivity index (χ3n) is 3.77. The number of carbonyl (C=O) groups excluding carboxylic acids is 1. The third-order valence-corrected chi connectivity index (χ3v) is 4.00. The van der Waals surface area contributed by atoms with E-state index in [4.69, 9.17) is 21.9 Å². The molecule has 0 aliphatic rings. The second-order valence-corrected chi connectivity index (χ2v) is 5.91. The quantitative estimate of drug-likeness (QED) is 0.702. The van der Waals surface area contributed by atoms with Crippen molar-refractivity contribution in [3.63, 3.8) is 0 Å². The van der Waals surface area contributed by atoms with Crippen LogP contribution in [0.4, 0.5) is 5.69 Å². The molecule has 1 heterocycles. The number of nitrogens with zero attached hydrogens (tertiary/aromatic N) is 2. The van der Waals surface area contributed by atoms with Crippen LogP contribution < -0.4 is 11.1 Å². The molecular weight excluding hydrogens is 340 g/mol. The molecule has 1 amide bonds. The zero-order valence-corrected chi connectivity index (χ0v) is 14.4. The molecule has 0 unspecified atom stereocenters. The molecule has 3 aromatic rings. The zero-order valence-electron chi connectivity index (χ0n) is 13.6. The van der Waals surface area contributed by atoms with E-state index in [1.54, 1.807) is 12.1 Å². The number of nitrogens with two attached hydrogens (primary N) is 1. The van der Waals surface area contributed by atoms with E-state index in [-0.39, 0.29) is 6.54 Å². The van der Waals surface area contributed by atoms with Crippen LogP contribution in [0.1, 0.15) is 28.7 Å². The minimum atomic E-state index is -0.563. The first-order chi connectivity index (χ1) is 12.1. The number of benzene rings is 2. The van der Waals surface area contributed by atoms with Crippen LogP contribution in [0.5, 0.6) is 0 Å². The van der Waals surface area contributed by atoms with E-state index in [1.807, 2.05) is 24.3 Å². The highest BCUT2D eigenvalue weighted by Gasteiger charge is 2.12. The van der Waals surface area contributed by atoms with Crippen molar-refractivity contribution in [3.05, 3.63) is 64.5 Å². The van der Waals surface area contributed by atoms with Crippen LogP contribution >= 0.6 is 11.6 Å². The highest BCUT2D eigenvalue weighted by molar-refractivity contribution is 6.31. The van der Waals surface area contributed by atoms with Crippen LogP contribution in [0.2, 0.25) is 5.02 Å². The molecule has 0 saturated heterocycles. The Morgan fingerprint density at radius 3 is 2.68 bits per heavy atom. The molecule has 1 aromatic heterocycles. The molecule has 0 bridgehead atoms. The Bertz CT molecular complexity index is 890. The van der Waals surface area contributed by atoms with Gasteiger partial charge in [-0.2, -0.15) is 4.98 Å². The molecule has 0 atom stereocenters. The van der Waals surface area contributed by atoms with Crippen LogP contribution in [-0.2, 0) is 13.0 Å². The minimum absolute atomic E-state index is 0.266. The number of aryl methyl sites for hydroxylation is 1. The van der Waals surface area contributed by atoms with Crippen molar-refractivity contribution < 1.29 is 9.32 Å². The summed E-state index contributed by atoms with van der Waals surface area (Å²) in [6, 6.07) is 12.9. The summed E-state index contributed by atoms with van der Waals surface area (Å²) in [6.45, 7) is 2.37. The normalized spacial score (nSPS) is 10.6. The summed E-state index contributed by atoms with van der Waals surface area (Å²) in [7, 11) is 0. The second-order valence-electron chi connectivity index (χ2n) is 5.47. The SMILES string of the molecule is CCc1ccc(-c2noc(CNc3ccc(Cl)cc3C(N)=O)n2)cc1. The van der Waals surface area contributed by atoms with Gasteiger partial charge in [-0.25, -0.2) is 0 Å². The van der Waals surface area contributed by atoms with Gasteiger partial charge in [0.25, 0.3) is 5.91 Å². The summed E-state index contributed by atoms with van der Waals surface area (Å²) >= 11 is 5.89. The number of aromatic nitrogens is 2. The number of anilines is 1. The van der Waals surface area contributed by atoms with Crippen molar-refractivity contribution in [2.24, 2.45) is 5.73 Å². The van der Waals surface area contributed by atoms with Gasteiger partial charge in [0.05, 0.1) is 12.1 Å². The Kier molecular flexibility index (Phi) is 5.00. The second kappa shape index (κ2) is 7.36. The van der Waals surface area contributed by atoms with Crippen molar-refractivity contribution in [1.82, 2.24) is 10.1 Å². The van der Waals surface area contributed by atoms with E-state index in [1.165, 1.54) is 11.6 Å². The molecule has 7 heteroatoms. The maximum absolute atomic E-state index is 11.5. The molecule has 0 aliphatic carbocycles. The monoisotopic (exact) mass is 356 g/mol. The van der Waals surface area contributed by atoms with Crippen LogP contribution in [0.15, 0.2) is 47.0 Å². The van der Waals surface area contributed by atoms with E-state index in [9.17, 15) is 4.79 Å². The van der Waals surface area contributed by atoms with Crippen LogP contribution in [0.25, 0.3) is 11.4 Å². The lowest BCUT2D eigenvalue weighted by Gasteiger charge is -2.08. The summed E-state index contributed by atoms with van der Waals surface area (Å²) in [6.07, 6.45) is 0.977. The molecule has 25 heavy (non-hydrogen) atoms. The Balaban J connectivity index is 1.73. The molecule has 0 aliphatic heterocycles. The summed E-state index contributed by atoms with van der Waals surface area (Å²) in [5.74, 6) is 0.359. The van der Waals surface area contributed by atoms with E-state index >= 15 is 0 Å². The molecule has 0 radical (unpaired) electrons. The van der Waals surface area contributed by atoms with E-state index in [2.05, 4.69) is 22.4 Å².